The van der Waals surface area contributed by atoms with Gasteiger partial charge in [-0.2, -0.15) is 0 Å². The lowest BCUT2D eigenvalue weighted by Crippen LogP contribution is -1.97. The first-order valence-electron chi connectivity index (χ1n) is 13.9. The van der Waals surface area contributed by atoms with Crippen molar-refractivity contribution in [3.63, 3.8) is 0 Å². The van der Waals surface area contributed by atoms with Gasteiger partial charge in [0.05, 0.1) is 11.0 Å². The van der Waals surface area contributed by atoms with Crippen LogP contribution in [0.15, 0.2) is 138 Å². The van der Waals surface area contributed by atoms with Gasteiger partial charge in [-0.3, -0.25) is 0 Å². The van der Waals surface area contributed by atoms with E-state index < -0.39 is 0 Å². The Morgan fingerprint density at radius 3 is 1.85 bits per heavy atom. The van der Waals surface area contributed by atoms with Crippen molar-refractivity contribution in [3.8, 4) is 27.9 Å². The molecule has 1 heterocycles. The van der Waals surface area contributed by atoms with E-state index in [0.29, 0.717) is 0 Å². The molecule has 0 unspecified atom stereocenters. The summed E-state index contributed by atoms with van der Waals surface area (Å²) in [6.45, 7) is 6.35. The highest BCUT2D eigenvalue weighted by molar-refractivity contribution is 9.10. The van der Waals surface area contributed by atoms with E-state index in [2.05, 4.69) is 167 Å². The molecule has 7 aromatic rings. The third-order valence-electron chi connectivity index (χ3n) is 7.94. The number of aromatic nitrogens is 1. The van der Waals surface area contributed by atoms with Crippen molar-refractivity contribution < 1.29 is 0 Å². The molecule has 0 saturated carbocycles. The van der Waals surface area contributed by atoms with E-state index in [4.69, 9.17) is 0 Å². The van der Waals surface area contributed by atoms with E-state index in [9.17, 15) is 0 Å². The lowest BCUT2D eigenvalue weighted by molar-refractivity contribution is 1.18. The summed E-state index contributed by atoms with van der Waals surface area (Å²) in [6.07, 6.45) is 6.36. The lowest BCUT2D eigenvalue weighted by Gasteiger charge is -2.20. The summed E-state index contributed by atoms with van der Waals surface area (Å²) in [5.74, 6) is 0. The standard InChI is InChI=1S/C39H28BrN/c1-3-12-32-30(4-2)38(26-13-6-5-7-14-26)33-16-8-9-17-34(33)39(32)27-19-22-29(23-20-27)41-36-18-11-10-15-31(36)35-25-28(40)21-24-37(35)41/h3-25H,2H2,1H3/b12-3-. The molecule has 0 aliphatic heterocycles. The zero-order valence-corrected chi connectivity index (χ0v) is 24.4. The minimum Gasteiger partial charge on any atom is -0.309 e. The molecule has 0 amide bonds. The van der Waals surface area contributed by atoms with Crippen molar-refractivity contribution in [1.29, 1.82) is 0 Å². The second-order valence-corrected chi connectivity index (χ2v) is 11.2. The van der Waals surface area contributed by atoms with E-state index >= 15 is 0 Å². The van der Waals surface area contributed by atoms with Gasteiger partial charge in [-0.25, -0.2) is 0 Å². The highest BCUT2D eigenvalue weighted by atomic mass is 79.9. The molecule has 0 saturated heterocycles. The van der Waals surface area contributed by atoms with Crippen molar-refractivity contribution in [2.24, 2.45) is 0 Å². The zero-order valence-electron chi connectivity index (χ0n) is 22.8. The molecule has 196 valence electrons. The topological polar surface area (TPSA) is 4.93 Å². The smallest absolute Gasteiger partial charge is 0.0541 e. The quantitative estimate of drug-likeness (QED) is 0.188. The molecule has 0 fully saturated rings. The van der Waals surface area contributed by atoms with Gasteiger partial charge < -0.3 is 4.57 Å². The summed E-state index contributed by atoms with van der Waals surface area (Å²) in [6, 6.07) is 43.6. The monoisotopic (exact) mass is 589 g/mol. The molecule has 7 rings (SSSR count). The molecule has 0 aliphatic rings. The Morgan fingerprint density at radius 1 is 0.585 bits per heavy atom. The predicted octanol–water partition coefficient (Wildman–Crippen LogP) is 11.7. The molecule has 1 nitrogen and oxygen atoms in total. The van der Waals surface area contributed by atoms with Crippen LogP contribution in [-0.4, -0.2) is 4.57 Å². The van der Waals surface area contributed by atoms with Gasteiger partial charge in [0.2, 0.25) is 0 Å². The number of rotatable bonds is 5. The Hall–Kier alpha value is -4.66. The van der Waals surface area contributed by atoms with E-state index in [1.54, 1.807) is 0 Å². The Bertz CT molecular complexity index is 2110. The third kappa shape index (κ3) is 4.15. The molecule has 41 heavy (non-hydrogen) atoms. The Balaban J connectivity index is 1.48. The number of hydrogen-bond donors (Lipinski definition) is 0. The normalized spacial score (nSPS) is 11.7. The largest absolute Gasteiger partial charge is 0.309 e. The number of benzene rings is 6. The van der Waals surface area contributed by atoms with Crippen LogP contribution >= 0.6 is 15.9 Å². The first-order valence-corrected chi connectivity index (χ1v) is 14.7. The molecule has 0 radical (unpaired) electrons. The van der Waals surface area contributed by atoms with Crippen LogP contribution in [0.2, 0.25) is 0 Å². The number of nitrogens with zero attached hydrogens (tertiary/aromatic N) is 1. The molecule has 0 bridgehead atoms. The molecule has 6 aromatic carbocycles. The Morgan fingerprint density at radius 2 is 1.17 bits per heavy atom. The maximum absolute atomic E-state index is 4.27. The number of para-hydroxylation sites is 1. The first kappa shape index (κ1) is 25.3. The average Bonchev–Trinajstić information content (AvgIpc) is 3.34. The van der Waals surface area contributed by atoms with Crippen molar-refractivity contribution >= 4 is 60.7 Å². The van der Waals surface area contributed by atoms with Crippen LogP contribution in [0.3, 0.4) is 0 Å². The fourth-order valence-corrected chi connectivity index (χ4v) is 6.62. The van der Waals surface area contributed by atoms with Crippen LogP contribution in [0.25, 0.3) is 72.7 Å². The lowest BCUT2D eigenvalue weighted by atomic mass is 9.83. The molecular formula is C39H28BrN. The summed E-state index contributed by atoms with van der Waals surface area (Å²) in [4.78, 5) is 0. The summed E-state index contributed by atoms with van der Waals surface area (Å²) < 4.78 is 3.45. The molecule has 0 spiro atoms. The fourth-order valence-electron chi connectivity index (χ4n) is 6.26. The van der Waals surface area contributed by atoms with E-state index in [1.807, 2.05) is 6.08 Å². The molecule has 0 atom stereocenters. The molecular weight excluding hydrogens is 562 g/mol. The van der Waals surface area contributed by atoms with E-state index in [-0.39, 0.29) is 0 Å². The second kappa shape index (κ2) is 10.4. The Kier molecular flexibility index (Phi) is 6.41. The summed E-state index contributed by atoms with van der Waals surface area (Å²) >= 11 is 3.67. The van der Waals surface area contributed by atoms with Crippen molar-refractivity contribution in [2.75, 3.05) is 0 Å². The van der Waals surface area contributed by atoms with Gasteiger partial charge in [-0.15, -0.1) is 0 Å². The van der Waals surface area contributed by atoms with Crippen LogP contribution < -0.4 is 0 Å². The molecule has 2 heteroatoms. The van der Waals surface area contributed by atoms with Crippen LogP contribution in [-0.2, 0) is 0 Å². The number of allylic oxidation sites excluding steroid dienone is 1. The van der Waals surface area contributed by atoms with Crippen LogP contribution in [0.1, 0.15) is 18.1 Å². The van der Waals surface area contributed by atoms with Gasteiger partial charge in [-0.05, 0) is 87.5 Å². The van der Waals surface area contributed by atoms with Gasteiger partial charge in [0.25, 0.3) is 0 Å². The van der Waals surface area contributed by atoms with Crippen LogP contribution in [0.5, 0.6) is 0 Å². The minimum absolute atomic E-state index is 1.09. The minimum atomic E-state index is 1.09. The highest BCUT2D eigenvalue weighted by Gasteiger charge is 2.19. The highest BCUT2D eigenvalue weighted by Crippen LogP contribution is 2.43. The number of hydrogen-bond acceptors (Lipinski definition) is 0. The summed E-state index contributed by atoms with van der Waals surface area (Å²) in [5.41, 5.74) is 10.7. The van der Waals surface area contributed by atoms with Gasteiger partial charge in [0.1, 0.15) is 0 Å². The Labute approximate surface area is 248 Å². The van der Waals surface area contributed by atoms with Gasteiger partial charge >= 0.3 is 0 Å². The average molecular weight is 591 g/mol. The maximum Gasteiger partial charge on any atom is 0.0541 e. The fraction of sp³-hybridized carbons (Fsp3) is 0.0256. The predicted molar refractivity (Wildman–Crippen MR) is 182 cm³/mol. The number of halogens is 1. The van der Waals surface area contributed by atoms with Crippen molar-refractivity contribution in [3.05, 3.63) is 150 Å². The van der Waals surface area contributed by atoms with Crippen molar-refractivity contribution in [1.82, 2.24) is 4.57 Å². The molecule has 1 aromatic heterocycles. The second-order valence-electron chi connectivity index (χ2n) is 10.3. The van der Waals surface area contributed by atoms with Gasteiger partial charge in [0.15, 0.2) is 0 Å². The van der Waals surface area contributed by atoms with Crippen LogP contribution in [0.4, 0.5) is 0 Å². The van der Waals surface area contributed by atoms with Gasteiger partial charge in [0, 0.05) is 20.9 Å². The van der Waals surface area contributed by atoms with E-state index in [0.717, 1.165) is 15.7 Å². The molecule has 0 aliphatic carbocycles. The maximum atomic E-state index is 4.27. The molecule has 0 N–H and O–H groups in total. The summed E-state index contributed by atoms with van der Waals surface area (Å²) in [5, 5.41) is 4.96. The third-order valence-corrected chi connectivity index (χ3v) is 8.44. The van der Waals surface area contributed by atoms with E-state index in [1.165, 1.54) is 60.4 Å². The van der Waals surface area contributed by atoms with Gasteiger partial charge in [-0.1, -0.05) is 126 Å². The number of fused-ring (bicyclic) bond motifs is 4. The first-order chi connectivity index (χ1) is 20.2. The zero-order chi connectivity index (χ0) is 27.9. The van der Waals surface area contributed by atoms with Crippen LogP contribution in [0, 0.1) is 0 Å². The van der Waals surface area contributed by atoms with Crippen molar-refractivity contribution in [2.45, 2.75) is 6.92 Å². The summed E-state index contributed by atoms with van der Waals surface area (Å²) in [7, 11) is 0. The SMILES string of the molecule is C=Cc1c(/C=C\C)c(-c2ccc(-n3c4ccccc4c4cc(Br)ccc43)cc2)c2ccccc2c1-c1ccccc1.